The summed E-state index contributed by atoms with van der Waals surface area (Å²) in [5.41, 5.74) is 0. The van der Waals surface area contributed by atoms with Gasteiger partial charge in [-0.1, -0.05) is 6.92 Å². The highest BCUT2D eigenvalue weighted by atomic mass is 32.2. The highest BCUT2D eigenvalue weighted by Crippen LogP contribution is 2.30. The van der Waals surface area contributed by atoms with Gasteiger partial charge in [0, 0.05) is 25.0 Å². The lowest BCUT2D eigenvalue weighted by atomic mass is 10.0. The molecule has 1 aliphatic heterocycles. The number of nitrogens with one attached hydrogen (secondary N) is 1. The van der Waals surface area contributed by atoms with Gasteiger partial charge in [0.05, 0.1) is 0 Å². The third kappa shape index (κ3) is 4.20. The maximum absolute atomic E-state index is 5.10. The molecule has 3 heteroatoms. The van der Waals surface area contributed by atoms with Crippen LogP contribution in [0.2, 0.25) is 0 Å². The van der Waals surface area contributed by atoms with Crippen molar-refractivity contribution in [3.63, 3.8) is 0 Å². The molecule has 14 heavy (non-hydrogen) atoms. The molecule has 2 atom stereocenters. The molecule has 2 nitrogen and oxygen atoms in total. The molecule has 0 spiro atoms. The molecule has 0 saturated carbocycles. The van der Waals surface area contributed by atoms with Crippen molar-refractivity contribution >= 4 is 11.8 Å². The van der Waals surface area contributed by atoms with Crippen LogP contribution in [0.25, 0.3) is 0 Å². The molecule has 84 valence electrons. The Morgan fingerprint density at radius 3 is 3.00 bits per heavy atom. The molecule has 0 radical (unpaired) electrons. The molecule has 0 aliphatic carbocycles. The topological polar surface area (TPSA) is 21.3 Å². The van der Waals surface area contributed by atoms with Gasteiger partial charge in [-0.3, -0.25) is 0 Å². The van der Waals surface area contributed by atoms with E-state index in [1.54, 1.807) is 7.11 Å². The van der Waals surface area contributed by atoms with Gasteiger partial charge in [0.15, 0.2) is 0 Å². The molecule has 1 saturated heterocycles. The number of hydrogen-bond acceptors (Lipinski definition) is 3. The van der Waals surface area contributed by atoms with Crippen molar-refractivity contribution in [2.75, 3.05) is 26.0 Å². The Morgan fingerprint density at radius 1 is 1.57 bits per heavy atom. The first-order valence-electron chi connectivity index (χ1n) is 5.72. The quantitative estimate of drug-likeness (QED) is 0.661. The molecule has 1 rings (SSSR count). The molecule has 0 bridgehead atoms. The standard InChI is InChI=1S/C11H23NOS/c1-3-12-10(6-4-8-13-2)11-7-5-9-14-11/h10-12H,3-9H2,1-2H3. The molecule has 0 aromatic heterocycles. The molecule has 1 fully saturated rings. The predicted octanol–water partition coefficient (Wildman–Crippen LogP) is 2.29. The lowest BCUT2D eigenvalue weighted by molar-refractivity contribution is 0.188. The largest absolute Gasteiger partial charge is 0.385 e. The smallest absolute Gasteiger partial charge is 0.0462 e. The minimum atomic E-state index is 0.711. The third-order valence-corrected chi connectivity index (χ3v) is 4.26. The van der Waals surface area contributed by atoms with Gasteiger partial charge in [0.25, 0.3) is 0 Å². The van der Waals surface area contributed by atoms with E-state index in [1.165, 1.54) is 31.4 Å². The van der Waals surface area contributed by atoms with Gasteiger partial charge in [-0.05, 0) is 38.0 Å². The van der Waals surface area contributed by atoms with E-state index in [4.69, 9.17) is 4.74 Å². The number of methoxy groups -OCH3 is 1. The zero-order valence-electron chi connectivity index (χ0n) is 9.42. The van der Waals surface area contributed by atoms with E-state index in [0.29, 0.717) is 6.04 Å². The summed E-state index contributed by atoms with van der Waals surface area (Å²) in [6, 6.07) is 0.711. The first-order valence-corrected chi connectivity index (χ1v) is 6.77. The van der Waals surface area contributed by atoms with Crippen LogP contribution >= 0.6 is 11.8 Å². The van der Waals surface area contributed by atoms with Gasteiger partial charge in [0.1, 0.15) is 0 Å². The Bertz CT molecular complexity index is 137. The monoisotopic (exact) mass is 217 g/mol. The first kappa shape index (κ1) is 12.3. The van der Waals surface area contributed by atoms with Crippen molar-refractivity contribution in [1.29, 1.82) is 0 Å². The van der Waals surface area contributed by atoms with Gasteiger partial charge < -0.3 is 10.1 Å². The second-order valence-electron chi connectivity index (χ2n) is 3.85. The fourth-order valence-corrected chi connectivity index (χ4v) is 3.48. The Morgan fingerprint density at radius 2 is 2.43 bits per heavy atom. The van der Waals surface area contributed by atoms with Crippen molar-refractivity contribution < 1.29 is 4.74 Å². The van der Waals surface area contributed by atoms with Crippen LogP contribution in [0.4, 0.5) is 0 Å². The minimum Gasteiger partial charge on any atom is -0.385 e. The summed E-state index contributed by atoms with van der Waals surface area (Å²) in [6.45, 7) is 4.19. The van der Waals surface area contributed by atoms with Crippen LogP contribution in [0.5, 0.6) is 0 Å². The molecule has 0 aromatic carbocycles. The average molecular weight is 217 g/mol. The van der Waals surface area contributed by atoms with Crippen LogP contribution in [-0.2, 0) is 4.74 Å². The Labute approximate surface area is 92.2 Å². The Kier molecular flexibility index (Phi) is 6.65. The Balaban J connectivity index is 2.22. The summed E-state index contributed by atoms with van der Waals surface area (Å²) in [5.74, 6) is 1.36. The second-order valence-corrected chi connectivity index (χ2v) is 5.20. The van der Waals surface area contributed by atoms with E-state index >= 15 is 0 Å². The fraction of sp³-hybridized carbons (Fsp3) is 1.00. The fourth-order valence-electron chi connectivity index (χ4n) is 2.05. The van der Waals surface area contributed by atoms with E-state index in [-0.39, 0.29) is 0 Å². The second kappa shape index (κ2) is 7.55. The molecular formula is C11H23NOS. The third-order valence-electron chi connectivity index (χ3n) is 2.74. The molecule has 1 N–H and O–H groups in total. The average Bonchev–Trinajstić information content (AvgIpc) is 2.70. The van der Waals surface area contributed by atoms with E-state index < -0.39 is 0 Å². The Hall–Kier alpha value is 0.270. The van der Waals surface area contributed by atoms with E-state index in [2.05, 4.69) is 24.0 Å². The highest BCUT2D eigenvalue weighted by molar-refractivity contribution is 8.00. The summed E-state index contributed by atoms with van der Waals surface area (Å²) >= 11 is 2.15. The van der Waals surface area contributed by atoms with Crippen LogP contribution < -0.4 is 5.32 Å². The lowest BCUT2D eigenvalue weighted by Gasteiger charge is -2.23. The highest BCUT2D eigenvalue weighted by Gasteiger charge is 2.24. The summed E-state index contributed by atoms with van der Waals surface area (Å²) in [7, 11) is 1.78. The maximum atomic E-state index is 5.10. The van der Waals surface area contributed by atoms with E-state index in [9.17, 15) is 0 Å². The molecule has 0 aromatic rings. The van der Waals surface area contributed by atoms with Crippen LogP contribution in [-0.4, -0.2) is 37.3 Å². The SMILES string of the molecule is CCNC(CCCOC)C1CCCS1. The molecule has 1 aliphatic rings. The summed E-state index contributed by atoms with van der Waals surface area (Å²) in [4.78, 5) is 0. The number of rotatable bonds is 7. The van der Waals surface area contributed by atoms with Crippen molar-refractivity contribution in [3.05, 3.63) is 0 Å². The van der Waals surface area contributed by atoms with E-state index in [1.807, 2.05) is 0 Å². The maximum Gasteiger partial charge on any atom is 0.0462 e. The minimum absolute atomic E-state index is 0.711. The normalized spacial score (nSPS) is 24.0. The predicted molar refractivity (Wildman–Crippen MR) is 64.1 cm³/mol. The summed E-state index contributed by atoms with van der Waals surface area (Å²) < 4.78 is 5.10. The van der Waals surface area contributed by atoms with Gasteiger partial charge in [-0.25, -0.2) is 0 Å². The van der Waals surface area contributed by atoms with Gasteiger partial charge >= 0.3 is 0 Å². The number of thioether (sulfide) groups is 1. The van der Waals surface area contributed by atoms with Gasteiger partial charge in [0.2, 0.25) is 0 Å². The molecule has 0 amide bonds. The number of ether oxygens (including phenoxy) is 1. The van der Waals surface area contributed by atoms with Crippen LogP contribution in [0.1, 0.15) is 32.6 Å². The lowest BCUT2D eigenvalue weighted by Crippen LogP contribution is -2.37. The zero-order valence-corrected chi connectivity index (χ0v) is 10.2. The van der Waals surface area contributed by atoms with Crippen LogP contribution in [0, 0.1) is 0 Å². The van der Waals surface area contributed by atoms with Crippen molar-refractivity contribution in [2.24, 2.45) is 0 Å². The van der Waals surface area contributed by atoms with Crippen molar-refractivity contribution in [3.8, 4) is 0 Å². The molecule has 1 heterocycles. The summed E-state index contributed by atoms with van der Waals surface area (Å²) in [6.07, 6.45) is 5.25. The zero-order chi connectivity index (χ0) is 10.2. The summed E-state index contributed by atoms with van der Waals surface area (Å²) in [5, 5.41) is 4.46. The van der Waals surface area contributed by atoms with E-state index in [0.717, 1.165) is 18.4 Å². The van der Waals surface area contributed by atoms with Gasteiger partial charge in [-0.15, -0.1) is 0 Å². The van der Waals surface area contributed by atoms with Crippen molar-refractivity contribution in [2.45, 2.75) is 43.9 Å². The van der Waals surface area contributed by atoms with Gasteiger partial charge in [-0.2, -0.15) is 11.8 Å². The number of hydrogen-bond donors (Lipinski definition) is 1. The van der Waals surface area contributed by atoms with Crippen molar-refractivity contribution in [1.82, 2.24) is 5.32 Å². The van der Waals surface area contributed by atoms with Crippen LogP contribution in [0.3, 0.4) is 0 Å². The van der Waals surface area contributed by atoms with Crippen LogP contribution in [0.15, 0.2) is 0 Å². The first-order chi connectivity index (χ1) is 6.88. The molecule has 2 unspecified atom stereocenters. The molecular weight excluding hydrogens is 194 g/mol.